The molecule has 21 heavy (non-hydrogen) atoms. The minimum atomic E-state index is -0.396. The number of rotatable bonds is 5. The van der Waals surface area contributed by atoms with Crippen LogP contribution >= 0.6 is 11.3 Å². The van der Waals surface area contributed by atoms with Gasteiger partial charge < -0.3 is 10.6 Å². The molecule has 110 valence electrons. The highest BCUT2D eigenvalue weighted by atomic mass is 32.1. The van der Waals surface area contributed by atoms with E-state index in [9.17, 15) is 10.1 Å². The van der Waals surface area contributed by atoms with Crippen LogP contribution in [0.1, 0.15) is 11.1 Å². The third kappa shape index (κ3) is 4.57. The number of thiophene rings is 1. The molecule has 1 aromatic heterocycles. The summed E-state index contributed by atoms with van der Waals surface area (Å²) in [4.78, 5) is 14.5. The van der Waals surface area contributed by atoms with Crippen molar-refractivity contribution in [2.75, 3.05) is 7.05 Å². The highest BCUT2D eigenvalue weighted by Gasteiger charge is 2.06. The Bertz CT molecular complexity index is 626. The molecular formula is C14H16N4O2S. The van der Waals surface area contributed by atoms with Crippen molar-refractivity contribution in [1.29, 1.82) is 0 Å². The number of nitrogens with one attached hydrogen (secondary N) is 2. The Morgan fingerprint density at radius 2 is 2.05 bits per heavy atom. The highest BCUT2D eigenvalue weighted by Crippen LogP contribution is 2.12. The van der Waals surface area contributed by atoms with Crippen molar-refractivity contribution in [2.24, 2.45) is 4.99 Å². The van der Waals surface area contributed by atoms with E-state index < -0.39 is 4.92 Å². The summed E-state index contributed by atoms with van der Waals surface area (Å²) in [7, 11) is 1.69. The molecule has 6 nitrogen and oxygen atoms in total. The molecule has 0 fully saturated rings. The van der Waals surface area contributed by atoms with Gasteiger partial charge in [0.05, 0.1) is 4.92 Å². The molecule has 0 unspecified atom stereocenters. The van der Waals surface area contributed by atoms with Gasteiger partial charge in [0, 0.05) is 32.3 Å². The molecule has 0 bridgehead atoms. The maximum absolute atomic E-state index is 10.7. The van der Waals surface area contributed by atoms with Gasteiger partial charge in [0.15, 0.2) is 5.96 Å². The predicted octanol–water partition coefficient (Wildman–Crippen LogP) is 2.52. The van der Waals surface area contributed by atoms with E-state index in [1.54, 1.807) is 30.5 Å². The van der Waals surface area contributed by atoms with Gasteiger partial charge >= 0.3 is 0 Å². The lowest BCUT2D eigenvalue weighted by Gasteiger charge is -2.11. The Morgan fingerprint density at radius 1 is 1.29 bits per heavy atom. The molecule has 0 saturated heterocycles. The lowest BCUT2D eigenvalue weighted by molar-refractivity contribution is -0.384. The molecule has 0 amide bonds. The summed E-state index contributed by atoms with van der Waals surface area (Å²) in [5, 5.41) is 21.2. The summed E-state index contributed by atoms with van der Waals surface area (Å²) in [6, 6.07) is 8.60. The molecule has 2 N–H and O–H groups in total. The molecule has 0 radical (unpaired) electrons. The molecule has 0 aliphatic rings. The first-order valence-corrected chi connectivity index (χ1v) is 7.32. The van der Waals surface area contributed by atoms with Gasteiger partial charge in [-0.25, -0.2) is 0 Å². The van der Waals surface area contributed by atoms with Crippen LogP contribution in [-0.4, -0.2) is 17.9 Å². The molecule has 0 saturated carbocycles. The molecule has 2 aromatic rings. The number of nitro benzene ring substituents is 1. The number of benzene rings is 1. The smallest absolute Gasteiger partial charge is 0.269 e. The van der Waals surface area contributed by atoms with E-state index in [1.807, 2.05) is 17.5 Å². The second-order valence-electron chi connectivity index (χ2n) is 4.34. The minimum absolute atomic E-state index is 0.0931. The lowest BCUT2D eigenvalue weighted by atomic mass is 10.2. The quantitative estimate of drug-likeness (QED) is 0.385. The first kappa shape index (κ1) is 15.0. The van der Waals surface area contributed by atoms with E-state index in [0.717, 1.165) is 5.56 Å². The second kappa shape index (κ2) is 7.39. The summed E-state index contributed by atoms with van der Waals surface area (Å²) in [6.45, 7) is 1.17. The standard InChI is InChI=1S/C14H16N4O2S/c1-15-14(17-9-12-5-6-21-10-12)16-8-11-3-2-4-13(7-11)18(19)20/h2-7,10H,8-9H2,1H3,(H2,15,16,17). The van der Waals surface area contributed by atoms with E-state index >= 15 is 0 Å². The summed E-state index contributed by atoms with van der Waals surface area (Å²) in [6.07, 6.45) is 0. The van der Waals surface area contributed by atoms with Gasteiger partial charge in [-0.2, -0.15) is 11.3 Å². The fourth-order valence-electron chi connectivity index (χ4n) is 1.77. The topological polar surface area (TPSA) is 79.6 Å². The minimum Gasteiger partial charge on any atom is -0.352 e. The number of hydrogen-bond donors (Lipinski definition) is 2. The van der Waals surface area contributed by atoms with Crippen LogP contribution < -0.4 is 10.6 Å². The van der Waals surface area contributed by atoms with Crippen molar-refractivity contribution in [3.05, 3.63) is 62.3 Å². The lowest BCUT2D eigenvalue weighted by Crippen LogP contribution is -2.36. The molecule has 0 aliphatic carbocycles. The van der Waals surface area contributed by atoms with Crippen LogP contribution in [0.5, 0.6) is 0 Å². The molecule has 1 heterocycles. The molecule has 0 spiro atoms. The van der Waals surface area contributed by atoms with Crippen LogP contribution in [-0.2, 0) is 13.1 Å². The molecular weight excluding hydrogens is 288 g/mol. The van der Waals surface area contributed by atoms with Gasteiger partial charge in [-0.3, -0.25) is 15.1 Å². The number of aliphatic imine (C=N–C) groups is 1. The van der Waals surface area contributed by atoms with E-state index in [4.69, 9.17) is 0 Å². The van der Waals surface area contributed by atoms with Crippen LogP contribution in [0.4, 0.5) is 5.69 Å². The van der Waals surface area contributed by atoms with Gasteiger partial charge in [0.25, 0.3) is 5.69 Å². The monoisotopic (exact) mass is 304 g/mol. The molecule has 0 aliphatic heterocycles. The van der Waals surface area contributed by atoms with Crippen molar-refractivity contribution in [3.63, 3.8) is 0 Å². The van der Waals surface area contributed by atoms with E-state index in [-0.39, 0.29) is 5.69 Å². The molecule has 0 atom stereocenters. The van der Waals surface area contributed by atoms with Crippen molar-refractivity contribution in [1.82, 2.24) is 10.6 Å². The number of nitro groups is 1. The van der Waals surface area contributed by atoms with Gasteiger partial charge in [-0.05, 0) is 28.0 Å². The number of non-ortho nitro benzene ring substituents is 1. The molecule has 1 aromatic carbocycles. The van der Waals surface area contributed by atoms with Gasteiger partial charge in [-0.1, -0.05) is 12.1 Å². The Labute approximate surface area is 126 Å². The summed E-state index contributed by atoms with van der Waals surface area (Å²) >= 11 is 1.65. The van der Waals surface area contributed by atoms with E-state index in [2.05, 4.69) is 21.0 Å². The SMILES string of the molecule is CN=C(NCc1ccsc1)NCc1cccc([N+](=O)[O-])c1. The normalized spacial score (nSPS) is 11.2. The van der Waals surface area contributed by atoms with Crippen molar-refractivity contribution in [2.45, 2.75) is 13.1 Å². The Hall–Kier alpha value is -2.41. The Morgan fingerprint density at radius 3 is 2.67 bits per heavy atom. The fraction of sp³-hybridized carbons (Fsp3) is 0.214. The summed E-state index contributed by atoms with van der Waals surface area (Å²) in [5.41, 5.74) is 2.12. The van der Waals surface area contributed by atoms with Gasteiger partial charge in [-0.15, -0.1) is 0 Å². The third-order valence-electron chi connectivity index (χ3n) is 2.85. The van der Waals surface area contributed by atoms with Gasteiger partial charge in [0.2, 0.25) is 0 Å². The van der Waals surface area contributed by atoms with Crippen molar-refractivity contribution in [3.8, 4) is 0 Å². The van der Waals surface area contributed by atoms with E-state index in [0.29, 0.717) is 19.0 Å². The van der Waals surface area contributed by atoms with Crippen LogP contribution in [0.15, 0.2) is 46.1 Å². The van der Waals surface area contributed by atoms with Crippen LogP contribution in [0.2, 0.25) is 0 Å². The maximum atomic E-state index is 10.7. The van der Waals surface area contributed by atoms with Crippen LogP contribution in [0.3, 0.4) is 0 Å². The first-order chi connectivity index (χ1) is 10.2. The molecule has 7 heteroatoms. The van der Waals surface area contributed by atoms with Crippen LogP contribution in [0, 0.1) is 10.1 Å². The zero-order chi connectivity index (χ0) is 15.1. The van der Waals surface area contributed by atoms with Crippen molar-refractivity contribution >= 4 is 23.0 Å². The third-order valence-corrected chi connectivity index (χ3v) is 3.58. The Balaban J connectivity index is 1.88. The largest absolute Gasteiger partial charge is 0.352 e. The van der Waals surface area contributed by atoms with E-state index in [1.165, 1.54) is 11.6 Å². The van der Waals surface area contributed by atoms with Crippen molar-refractivity contribution < 1.29 is 4.92 Å². The molecule has 2 rings (SSSR count). The average molecular weight is 304 g/mol. The first-order valence-electron chi connectivity index (χ1n) is 6.38. The zero-order valence-corrected chi connectivity index (χ0v) is 12.4. The zero-order valence-electron chi connectivity index (χ0n) is 11.6. The fourth-order valence-corrected chi connectivity index (χ4v) is 2.43. The second-order valence-corrected chi connectivity index (χ2v) is 5.12. The van der Waals surface area contributed by atoms with Crippen LogP contribution in [0.25, 0.3) is 0 Å². The highest BCUT2D eigenvalue weighted by molar-refractivity contribution is 7.07. The maximum Gasteiger partial charge on any atom is 0.269 e. The average Bonchev–Trinajstić information content (AvgIpc) is 3.01. The number of hydrogen-bond acceptors (Lipinski definition) is 4. The number of nitrogens with zero attached hydrogens (tertiary/aromatic N) is 2. The number of guanidine groups is 1. The summed E-state index contributed by atoms with van der Waals surface area (Å²) in [5.74, 6) is 0.660. The van der Waals surface area contributed by atoms with Gasteiger partial charge in [0.1, 0.15) is 0 Å². The summed E-state index contributed by atoms with van der Waals surface area (Å²) < 4.78 is 0. The predicted molar refractivity (Wildman–Crippen MR) is 84.5 cm³/mol. The Kier molecular flexibility index (Phi) is 5.28.